The highest BCUT2D eigenvalue weighted by Crippen LogP contribution is 2.32. The average Bonchev–Trinajstić information content (AvgIpc) is 2.67. The normalized spacial score (nSPS) is 25.9. The Labute approximate surface area is 152 Å². The molecule has 4 nitrogen and oxygen atoms in total. The molecule has 0 bridgehead atoms. The lowest BCUT2D eigenvalue weighted by Crippen LogP contribution is -2.48. The van der Waals surface area contributed by atoms with E-state index in [1.54, 1.807) is 0 Å². The Morgan fingerprint density at radius 3 is 2.36 bits per heavy atom. The van der Waals surface area contributed by atoms with Crippen LogP contribution in [-0.4, -0.2) is 73.0 Å². The van der Waals surface area contributed by atoms with E-state index in [2.05, 4.69) is 58.9 Å². The Kier molecular flexibility index (Phi) is 6.49. The first kappa shape index (κ1) is 18.4. The lowest BCUT2D eigenvalue weighted by atomic mass is 9.81. The number of benzene rings is 1. The van der Waals surface area contributed by atoms with Crippen LogP contribution in [0.2, 0.25) is 0 Å². The molecule has 0 aliphatic carbocycles. The number of hydrogen-bond acceptors (Lipinski definition) is 3. The first-order chi connectivity index (χ1) is 12.2. The number of likely N-dealkylation sites (N-methyl/N-ethyl adjacent to an activating group) is 1. The van der Waals surface area contributed by atoms with Crippen molar-refractivity contribution in [3.05, 3.63) is 35.9 Å². The Morgan fingerprint density at radius 1 is 1.04 bits per heavy atom. The average molecular weight is 344 g/mol. The Hall–Kier alpha value is -1.39. The van der Waals surface area contributed by atoms with Gasteiger partial charge in [-0.25, -0.2) is 0 Å². The molecule has 25 heavy (non-hydrogen) atoms. The summed E-state index contributed by atoms with van der Waals surface area (Å²) in [4.78, 5) is 19.7. The first-order valence-corrected chi connectivity index (χ1v) is 9.94. The molecule has 2 aliphatic rings. The van der Waals surface area contributed by atoms with Gasteiger partial charge in [0, 0.05) is 52.2 Å². The minimum Gasteiger partial charge on any atom is -0.342 e. The number of piperidine rings is 1. The number of amides is 1. The zero-order valence-electron chi connectivity index (χ0n) is 15.9. The molecule has 2 heterocycles. The number of nitrogens with zero attached hydrogens (tertiary/aromatic N) is 3. The van der Waals surface area contributed by atoms with Crippen LogP contribution in [0, 0.1) is 5.92 Å². The molecule has 2 atom stereocenters. The van der Waals surface area contributed by atoms with Crippen LogP contribution in [0.3, 0.4) is 0 Å². The molecular formula is C21H33N3O. The number of piperazine rings is 1. The Balaban J connectivity index is 1.43. The minimum atomic E-state index is 0.344. The molecule has 1 aromatic carbocycles. The summed E-state index contributed by atoms with van der Waals surface area (Å²) in [6.45, 7) is 12.9. The lowest BCUT2D eigenvalue weighted by Gasteiger charge is -2.38. The third kappa shape index (κ3) is 4.83. The molecule has 3 rings (SSSR count). The maximum atomic E-state index is 12.6. The van der Waals surface area contributed by atoms with Gasteiger partial charge in [-0.3, -0.25) is 4.79 Å². The monoisotopic (exact) mass is 343 g/mol. The number of rotatable bonds is 5. The molecule has 2 unspecified atom stereocenters. The summed E-state index contributed by atoms with van der Waals surface area (Å²) in [7, 11) is 0. The SMILES string of the molecule is CCN1CCN(CCC(=O)N2CCC(c3ccccc3)C(C)C2)CC1. The fourth-order valence-corrected chi connectivity index (χ4v) is 4.31. The smallest absolute Gasteiger partial charge is 0.223 e. The van der Waals surface area contributed by atoms with E-state index in [1.165, 1.54) is 5.56 Å². The van der Waals surface area contributed by atoms with E-state index in [0.717, 1.165) is 58.8 Å². The molecular weight excluding hydrogens is 310 g/mol. The largest absolute Gasteiger partial charge is 0.342 e. The maximum absolute atomic E-state index is 12.6. The fraction of sp³-hybridized carbons (Fsp3) is 0.667. The molecule has 0 aromatic heterocycles. The van der Waals surface area contributed by atoms with Crippen molar-refractivity contribution in [1.82, 2.24) is 14.7 Å². The van der Waals surface area contributed by atoms with Gasteiger partial charge in [0.2, 0.25) is 5.91 Å². The van der Waals surface area contributed by atoms with E-state index in [0.29, 0.717) is 24.2 Å². The van der Waals surface area contributed by atoms with Crippen LogP contribution in [0.4, 0.5) is 0 Å². The van der Waals surface area contributed by atoms with Crippen LogP contribution in [0.15, 0.2) is 30.3 Å². The van der Waals surface area contributed by atoms with Gasteiger partial charge in [0.15, 0.2) is 0 Å². The second-order valence-electron chi connectivity index (χ2n) is 7.65. The Morgan fingerprint density at radius 2 is 1.72 bits per heavy atom. The highest BCUT2D eigenvalue weighted by molar-refractivity contribution is 5.76. The van der Waals surface area contributed by atoms with Crippen molar-refractivity contribution in [3.63, 3.8) is 0 Å². The van der Waals surface area contributed by atoms with Gasteiger partial charge in [0.1, 0.15) is 0 Å². The fourth-order valence-electron chi connectivity index (χ4n) is 4.31. The van der Waals surface area contributed by atoms with Crippen molar-refractivity contribution in [3.8, 4) is 0 Å². The van der Waals surface area contributed by atoms with Crippen molar-refractivity contribution in [2.45, 2.75) is 32.6 Å². The van der Waals surface area contributed by atoms with Gasteiger partial charge in [0.25, 0.3) is 0 Å². The second-order valence-corrected chi connectivity index (χ2v) is 7.65. The molecule has 138 valence electrons. The van der Waals surface area contributed by atoms with Crippen molar-refractivity contribution in [2.24, 2.45) is 5.92 Å². The van der Waals surface area contributed by atoms with E-state index < -0.39 is 0 Å². The minimum absolute atomic E-state index is 0.344. The molecule has 0 radical (unpaired) electrons. The van der Waals surface area contributed by atoms with Gasteiger partial charge in [-0.05, 0) is 30.4 Å². The summed E-state index contributed by atoms with van der Waals surface area (Å²) >= 11 is 0. The van der Waals surface area contributed by atoms with E-state index in [-0.39, 0.29) is 0 Å². The second kappa shape index (κ2) is 8.81. The maximum Gasteiger partial charge on any atom is 0.223 e. The quantitative estimate of drug-likeness (QED) is 0.822. The van der Waals surface area contributed by atoms with Gasteiger partial charge >= 0.3 is 0 Å². The van der Waals surface area contributed by atoms with Crippen LogP contribution < -0.4 is 0 Å². The zero-order valence-corrected chi connectivity index (χ0v) is 15.9. The third-order valence-electron chi connectivity index (χ3n) is 6.04. The van der Waals surface area contributed by atoms with Gasteiger partial charge in [-0.2, -0.15) is 0 Å². The lowest BCUT2D eigenvalue weighted by molar-refractivity contribution is -0.133. The molecule has 2 saturated heterocycles. The van der Waals surface area contributed by atoms with Gasteiger partial charge < -0.3 is 14.7 Å². The highest BCUT2D eigenvalue weighted by Gasteiger charge is 2.29. The van der Waals surface area contributed by atoms with E-state index in [4.69, 9.17) is 0 Å². The molecule has 0 saturated carbocycles. The summed E-state index contributed by atoms with van der Waals surface area (Å²) in [5, 5.41) is 0. The van der Waals surface area contributed by atoms with Crippen molar-refractivity contribution in [2.75, 3.05) is 52.4 Å². The summed E-state index contributed by atoms with van der Waals surface area (Å²) < 4.78 is 0. The van der Waals surface area contributed by atoms with E-state index in [1.807, 2.05) is 0 Å². The molecule has 0 spiro atoms. The topological polar surface area (TPSA) is 26.8 Å². The Bertz CT molecular complexity index is 539. The van der Waals surface area contributed by atoms with Gasteiger partial charge in [-0.1, -0.05) is 44.2 Å². The van der Waals surface area contributed by atoms with Crippen LogP contribution >= 0.6 is 0 Å². The molecule has 2 aliphatic heterocycles. The van der Waals surface area contributed by atoms with Gasteiger partial charge in [0.05, 0.1) is 0 Å². The predicted molar refractivity (Wildman–Crippen MR) is 103 cm³/mol. The van der Waals surface area contributed by atoms with Crippen molar-refractivity contribution in [1.29, 1.82) is 0 Å². The van der Waals surface area contributed by atoms with Crippen LogP contribution in [-0.2, 0) is 4.79 Å². The van der Waals surface area contributed by atoms with Crippen LogP contribution in [0.5, 0.6) is 0 Å². The number of hydrogen-bond donors (Lipinski definition) is 0. The molecule has 1 aromatic rings. The predicted octanol–water partition coefficient (Wildman–Crippen LogP) is 2.67. The molecule has 2 fully saturated rings. The van der Waals surface area contributed by atoms with Crippen molar-refractivity contribution < 1.29 is 4.79 Å². The number of carbonyl (C=O) groups excluding carboxylic acids is 1. The summed E-state index contributed by atoms with van der Waals surface area (Å²) in [5.74, 6) is 1.47. The van der Waals surface area contributed by atoms with E-state index >= 15 is 0 Å². The van der Waals surface area contributed by atoms with Crippen LogP contribution in [0.1, 0.15) is 38.2 Å². The zero-order chi connectivity index (χ0) is 17.6. The van der Waals surface area contributed by atoms with Crippen molar-refractivity contribution >= 4 is 5.91 Å². The summed E-state index contributed by atoms with van der Waals surface area (Å²) in [6, 6.07) is 10.8. The van der Waals surface area contributed by atoms with Crippen LogP contribution in [0.25, 0.3) is 0 Å². The summed E-state index contributed by atoms with van der Waals surface area (Å²) in [5.41, 5.74) is 1.43. The standard InChI is InChI=1S/C21H33N3O/c1-3-22-13-15-23(16-14-22)11-10-21(25)24-12-9-20(18(2)17-24)19-7-5-4-6-8-19/h4-8,18,20H,3,9-17H2,1-2H3. The van der Waals surface area contributed by atoms with Gasteiger partial charge in [-0.15, -0.1) is 0 Å². The first-order valence-electron chi connectivity index (χ1n) is 9.94. The highest BCUT2D eigenvalue weighted by atomic mass is 16.2. The molecule has 1 amide bonds. The summed E-state index contributed by atoms with van der Waals surface area (Å²) in [6.07, 6.45) is 1.76. The number of likely N-dealkylation sites (tertiary alicyclic amines) is 1. The van der Waals surface area contributed by atoms with E-state index in [9.17, 15) is 4.79 Å². The molecule has 4 heteroatoms. The number of carbonyl (C=O) groups is 1. The molecule has 0 N–H and O–H groups in total. The third-order valence-corrected chi connectivity index (χ3v) is 6.04.